The van der Waals surface area contributed by atoms with Crippen molar-refractivity contribution in [1.82, 2.24) is 10.1 Å². The molecule has 0 radical (unpaired) electrons. The summed E-state index contributed by atoms with van der Waals surface area (Å²) in [6.07, 6.45) is 3.69. The van der Waals surface area contributed by atoms with Crippen LogP contribution in [0.2, 0.25) is 0 Å². The maximum atomic E-state index is 5.41. The molecule has 1 aliphatic carbocycles. The average Bonchev–Trinajstić information content (AvgIpc) is 3.26. The molecule has 0 N–H and O–H groups in total. The van der Waals surface area contributed by atoms with Crippen molar-refractivity contribution in [2.45, 2.75) is 44.6 Å². The van der Waals surface area contributed by atoms with Gasteiger partial charge in [0.05, 0.1) is 5.69 Å². The first kappa shape index (κ1) is 14.3. The zero-order chi connectivity index (χ0) is 14.7. The van der Waals surface area contributed by atoms with Crippen LogP contribution in [0.3, 0.4) is 0 Å². The van der Waals surface area contributed by atoms with E-state index < -0.39 is 0 Å². The molecule has 112 valence electrons. The fraction of sp³-hybridized carbons (Fsp3) is 0.500. The van der Waals surface area contributed by atoms with Crippen LogP contribution in [0.4, 0.5) is 0 Å². The van der Waals surface area contributed by atoms with E-state index in [0.29, 0.717) is 11.8 Å². The molecule has 1 aromatic heterocycles. The molecule has 3 nitrogen and oxygen atoms in total. The minimum absolute atomic E-state index is 0.591. The summed E-state index contributed by atoms with van der Waals surface area (Å²) in [5.74, 6) is 2.32. The lowest BCUT2D eigenvalue weighted by molar-refractivity contribution is 0.297. The van der Waals surface area contributed by atoms with Crippen LogP contribution in [-0.4, -0.2) is 23.6 Å². The molecule has 1 heterocycles. The van der Waals surface area contributed by atoms with E-state index in [2.05, 4.69) is 60.4 Å². The molecule has 1 aliphatic rings. The molecule has 0 unspecified atom stereocenters. The molecule has 1 fully saturated rings. The van der Waals surface area contributed by atoms with Gasteiger partial charge in [-0.1, -0.05) is 42.4 Å². The highest BCUT2D eigenvalue weighted by molar-refractivity contribution is 5.18. The molecule has 0 saturated heterocycles. The van der Waals surface area contributed by atoms with Gasteiger partial charge in [-0.15, -0.1) is 0 Å². The van der Waals surface area contributed by atoms with Crippen LogP contribution in [0.25, 0.3) is 0 Å². The van der Waals surface area contributed by atoms with Crippen LogP contribution >= 0.6 is 0 Å². The van der Waals surface area contributed by atoms with Gasteiger partial charge in [0.1, 0.15) is 5.76 Å². The molecule has 1 aromatic carbocycles. The van der Waals surface area contributed by atoms with Crippen molar-refractivity contribution in [3.63, 3.8) is 0 Å². The van der Waals surface area contributed by atoms with Gasteiger partial charge in [-0.2, -0.15) is 0 Å². The normalized spacial score (nSPS) is 16.3. The Morgan fingerprint density at radius 2 is 2.05 bits per heavy atom. The SMILES string of the molecule is C[C@@H](CCN(C)Cc1cc(C2CC2)on1)c1ccccc1. The maximum absolute atomic E-state index is 5.41. The van der Waals surface area contributed by atoms with Gasteiger partial charge < -0.3 is 9.42 Å². The molecule has 3 rings (SSSR count). The Morgan fingerprint density at radius 1 is 1.29 bits per heavy atom. The van der Waals surface area contributed by atoms with Gasteiger partial charge in [0, 0.05) is 18.5 Å². The Bertz CT molecular complexity index is 560. The quantitative estimate of drug-likeness (QED) is 0.764. The second kappa shape index (κ2) is 6.44. The topological polar surface area (TPSA) is 29.3 Å². The lowest BCUT2D eigenvalue weighted by Crippen LogP contribution is -2.20. The number of hydrogen-bond donors (Lipinski definition) is 0. The molecule has 0 amide bonds. The summed E-state index contributed by atoms with van der Waals surface area (Å²) in [4.78, 5) is 2.33. The molecule has 1 saturated carbocycles. The summed E-state index contributed by atoms with van der Waals surface area (Å²) in [5, 5.41) is 4.19. The molecule has 0 spiro atoms. The van der Waals surface area contributed by atoms with Gasteiger partial charge in [-0.3, -0.25) is 0 Å². The van der Waals surface area contributed by atoms with Crippen LogP contribution in [-0.2, 0) is 6.54 Å². The predicted molar refractivity (Wildman–Crippen MR) is 84.3 cm³/mol. The van der Waals surface area contributed by atoms with E-state index in [0.717, 1.165) is 31.0 Å². The molecule has 3 heteroatoms. The zero-order valence-corrected chi connectivity index (χ0v) is 13.0. The number of rotatable bonds is 7. The molecule has 0 bridgehead atoms. The monoisotopic (exact) mass is 284 g/mol. The first-order valence-corrected chi connectivity index (χ1v) is 7.91. The molecule has 21 heavy (non-hydrogen) atoms. The third-order valence-electron chi connectivity index (χ3n) is 4.30. The van der Waals surface area contributed by atoms with Gasteiger partial charge in [0.15, 0.2) is 0 Å². The van der Waals surface area contributed by atoms with E-state index in [1.54, 1.807) is 0 Å². The van der Waals surface area contributed by atoms with Gasteiger partial charge in [-0.05, 0) is 44.3 Å². The van der Waals surface area contributed by atoms with Crippen molar-refractivity contribution in [2.75, 3.05) is 13.6 Å². The summed E-state index contributed by atoms with van der Waals surface area (Å²) < 4.78 is 5.41. The molecule has 2 aromatic rings. The van der Waals surface area contributed by atoms with Gasteiger partial charge in [0.25, 0.3) is 0 Å². The third kappa shape index (κ3) is 3.94. The first-order chi connectivity index (χ1) is 10.2. The van der Waals surface area contributed by atoms with Crippen LogP contribution in [0, 0.1) is 0 Å². The highest BCUT2D eigenvalue weighted by Crippen LogP contribution is 2.40. The number of hydrogen-bond acceptors (Lipinski definition) is 3. The van der Waals surface area contributed by atoms with Crippen molar-refractivity contribution in [3.05, 3.63) is 53.4 Å². The molecular formula is C18H24N2O. The minimum Gasteiger partial charge on any atom is -0.361 e. The standard InChI is InChI=1S/C18H24N2O/c1-14(15-6-4-3-5-7-15)10-11-20(2)13-17-12-18(21-19-17)16-8-9-16/h3-7,12,14,16H,8-11,13H2,1-2H3/t14-/m0/s1. The highest BCUT2D eigenvalue weighted by Gasteiger charge is 2.27. The minimum atomic E-state index is 0.591. The second-order valence-electron chi connectivity index (χ2n) is 6.33. The molecule has 1 atom stereocenters. The Kier molecular flexibility index (Phi) is 4.39. The second-order valence-corrected chi connectivity index (χ2v) is 6.33. The molecule has 0 aliphatic heterocycles. The average molecular weight is 284 g/mol. The first-order valence-electron chi connectivity index (χ1n) is 7.91. The van der Waals surface area contributed by atoms with Crippen LogP contribution < -0.4 is 0 Å². The van der Waals surface area contributed by atoms with Crippen molar-refractivity contribution in [3.8, 4) is 0 Å². The summed E-state index contributed by atoms with van der Waals surface area (Å²) in [7, 11) is 2.16. The Balaban J connectivity index is 1.46. The lowest BCUT2D eigenvalue weighted by Gasteiger charge is -2.18. The van der Waals surface area contributed by atoms with Gasteiger partial charge in [0.2, 0.25) is 0 Å². The van der Waals surface area contributed by atoms with Crippen LogP contribution in [0.15, 0.2) is 40.9 Å². The van der Waals surface area contributed by atoms with E-state index in [1.165, 1.54) is 18.4 Å². The van der Waals surface area contributed by atoms with Crippen LogP contribution in [0.1, 0.15) is 55.0 Å². The maximum Gasteiger partial charge on any atom is 0.140 e. The van der Waals surface area contributed by atoms with Crippen molar-refractivity contribution >= 4 is 0 Å². The zero-order valence-electron chi connectivity index (χ0n) is 13.0. The van der Waals surface area contributed by atoms with Gasteiger partial charge in [-0.25, -0.2) is 0 Å². The van der Waals surface area contributed by atoms with E-state index in [-0.39, 0.29) is 0 Å². The number of aromatic nitrogens is 1. The van der Waals surface area contributed by atoms with Crippen molar-refractivity contribution < 1.29 is 4.52 Å². The summed E-state index contributed by atoms with van der Waals surface area (Å²) in [6.45, 7) is 4.24. The summed E-state index contributed by atoms with van der Waals surface area (Å²) >= 11 is 0. The number of benzene rings is 1. The summed E-state index contributed by atoms with van der Waals surface area (Å²) in [5.41, 5.74) is 2.48. The van der Waals surface area contributed by atoms with E-state index in [4.69, 9.17) is 4.52 Å². The molecular weight excluding hydrogens is 260 g/mol. The highest BCUT2D eigenvalue weighted by atomic mass is 16.5. The Morgan fingerprint density at radius 3 is 2.76 bits per heavy atom. The summed E-state index contributed by atoms with van der Waals surface area (Å²) in [6, 6.07) is 12.9. The van der Waals surface area contributed by atoms with Crippen molar-refractivity contribution in [1.29, 1.82) is 0 Å². The fourth-order valence-electron chi connectivity index (χ4n) is 2.68. The Hall–Kier alpha value is -1.61. The van der Waals surface area contributed by atoms with E-state index in [9.17, 15) is 0 Å². The fourth-order valence-corrected chi connectivity index (χ4v) is 2.68. The van der Waals surface area contributed by atoms with Gasteiger partial charge >= 0.3 is 0 Å². The van der Waals surface area contributed by atoms with Crippen LogP contribution in [0.5, 0.6) is 0 Å². The Labute approximate surface area is 126 Å². The smallest absolute Gasteiger partial charge is 0.140 e. The lowest BCUT2D eigenvalue weighted by atomic mass is 9.98. The van der Waals surface area contributed by atoms with E-state index in [1.807, 2.05) is 0 Å². The predicted octanol–water partition coefficient (Wildman–Crippen LogP) is 4.18. The van der Waals surface area contributed by atoms with E-state index >= 15 is 0 Å². The largest absolute Gasteiger partial charge is 0.361 e. The third-order valence-corrected chi connectivity index (χ3v) is 4.30. The number of nitrogens with zero attached hydrogens (tertiary/aromatic N) is 2. The van der Waals surface area contributed by atoms with Crippen molar-refractivity contribution in [2.24, 2.45) is 0 Å².